The molecule has 0 radical (unpaired) electrons. The topological polar surface area (TPSA) is 46.3 Å². The van der Waals surface area contributed by atoms with Crippen molar-refractivity contribution in [3.8, 4) is 0 Å². The monoisotopic (exact) mass is 286 g/mol. The van der Waals surface area contributed by atoms with Crippen LogP contribution in [-0.4, -0.2) is 17.9 Å². The van der Waals surface area contributed by atoms with Crippen molar-refractivity contribution in [3.05, 3.63) is 64.5 Å². The van der Waals surface area contributed by atoms with Gasteiger partial charge in [0.1, 0.15) is 5.82 Å². The van der Waals surface area contributed by atoms with Gasteiger partial charge in [-0.3, -0.25) is 4.79 Å². The molecule has 3 nitrogen and oxygen atoms in total. The average molecular weight is 286 g/mol. The van der Waals surface area contributed by atoms with Crippen molar-refractivity contribution in [2.24, 2.45) is 0 Å². The van der Waals surface area contributed by atoms with E-state index < -0.39 is 5.82 Å². The molecule has 0 saturated carbocycles. The lowest BCUT2D eigenvalue weighted by Crippen LogP contribution is -2.27. The van der Waals surface area contributed by atoms with Gasteiger partial charge in [-0.05, 0) is 43.2 Å². The van der Waals surface area contributed by atoms with Crippen LogP contribution in [0.5, 0.6) is 0 Å². The van der Waals surface area contributed by atoms with Gasteiger partial charge in [0.25, 0.3) is 5.91 Å². The highest BCUT2D eigenvalue weighted by molar-refractivity contribution is 5.98. The third-order valence-electron chi connectivity index (χ3n) is 3.50. The Labute approximate surface area is 124 Å². The zero-order valence-corrected chi connectivity index (χ0v) is 12.5. The molecule has 110 valence electrons. The van der Waals surface area contributed by atoms with Crippen LogP contribution in [-0.2, 0) is 6.54 Å². The number of nitrogen functional groups attached to an aromatic ring is 1. The van der Waals surface area contributed by atoms with Crippen molar-refractivity contribution in [2.75, 3.05) is 12.8 Å². The van der Waals surface area contributed by atoms with E-state index >= 15 is 0 Å². The van der Waals surface area contributed by atoms with Crippen molar-refractivity contribution in [1.29, 1.82) is 0 Å². The van der Waals surface area contributed by atoms with Crippen LogP contribution >= 0.6 is 0 Å². The Balaban J connectivity index is 2.19. The summed E-state index contributed by atoms with van der Waals surface area (Å²) < 4.78 is 13.0. The molecule has 21 heavy (non-hydrogen) atoms. The predicted octanol–water partition coefficient (Wildman–Crippen LogP) is 3.30. The first-order valence-electron chi connectivity index (χ1n) is 6.75. The molecule has 2 aromatic rings. The zero-order valence-electron chi connectivity index (χ0n) is 12.5. The number of carbonyl (C=O) groups excluding carboxylic acids is 1. The maximum atomic E-state index is 13.0. The molecule has 0 saturated heterocycles. The van der Waals surface area contributed by atoms with Crippen LogP contribution in [0.3, 0.4) is 0 Å². The van der Waals surface area contributed by atoms with Crippen molar-refractivity contribution in [2.45, 2.75) is 20.4 Å². The number of aryl methyl sites for hydroxylation is 2. The van der Waals surface area contributed by atoms with Gasteiger partial charge in [0.2, 0.25) is 0 Å². The smallest absolute Gasteiger partial charge is 0.255 e. The Morgan fingerprint density at radius 2 is 1.90 bits per heavy atom. The SMILES string of the molecule is Cc1ccc(CN(C)C(=O)c2ccc(F)cc2N)c(C)c1. The summed E-state index contributed by atoms with van der Waals surface area (Å²) in [6.07, 6.45) is 0. The van der Waals surface area contributed by atoms with Gasteiger partial charge in [0.15, 0.2) is 0 Å². The molecule has 2 aromatic carbocycles. The van der Waals surface area contributed by atoms with E-state index in [1.165, 1.54) is 17.7 Å². The fourth-order valence-corrected chi connectivity index (χ4v) is 2.28. The molecular weight excluding hydrogens is 267 g/mol. The molecule has 2 rings (SSSR count). The molecule has 0 heterocycles. The van der Waals surface area contributed by atoms with E-state index in [0.717, 1.165) is 17.2 Å². The van der Waals surface area contributed by atoms with Crippen molar-refractivity contribution >= 4 is 11.6 Å². The van der Waals surface area contributed by atoms with Crippen molar-refractivity contribution < 1.29 is 9.18 Å². The number of hydrogen-bond donors (Lipinski definition) is 1. The number of nitrogens with two attached hydrogens (primary N) is 1. The molecule has 2 N–H and O–H groups in total. The first-order valence-corrected chi connectivity index (χ1v) is 6.75. The van der Waals surface area contributed by atoms with E-state index in [0.29, 0.717) is 12.1 Å². The fourth-order valence-electron chi connectivity index (χ4n) is 2.28. The first-order chi connectivity index (χ1) is 9.88. The minimum absolute atomic E-state index is 0.160. The van der Waals surface area contributed by atoms with Gasteiger partial charge in [-0.2, -0.15) is 0 Å². The normalized spacial score (nSPS) is 10.5. The number of carbonyl (C=O) groups is 1. The molecule has 0 aliphatic carbocycles. The van der Waals surface area contributed by atoms with E-state index in [1.54, 1.807) is 11.9 Å². The second kappa shape index (κ2) is 5.95. The summed E-state index contributed by atoms with van der Waals surface area (Å²) in [5, 5.41) is 0. The number of amides is 1. The van der Waals surface area contributed by atoms with Gasteiger partial charge in [-0.15, -0.1) is 0 Å². The Bertz CT molecular complexity index is 682. The highest BCUT2D eigenvalue weighted by Gasteiger charge is 2.16. The van der Waals surface area contributed by atoms with Gasteiger partial charge in [-0.25, -0.2) is 4.39 Å². The lowest BCUT2D eigenvalue weighted by atomic mass is 10.0. The molecule has 0 aliphatic heterocycles. The molecule has 0 spiro atoms. The zero-order chi connectivity index (χ0) is 15.6. The standard InChI is InChI=1S/C17H19FN2O/c1-11-4-5-13(12(2)8-11)10-20(3)17(21)15-7-6-14(18)9-16(15)19/h4-9H,10,19H2,1-3H3. The van der Waals surface area contributed by atoms with E-state index in [4.69, 9.17) is 5.73 Å². The van der Waals surface area contributed by atoms with Crippen LogP contribution < -0.4 is 5.73 Å². The summed E-state index contributed by atoms with van der Waals surface area (Å²) >= 11 is 0. The van der Waals surface area contributed by atoms with Crippen LogP contribution in [0.25, 0.3) is 0 Å². The van der Waals surface area contributed by atoms with E-state index in [9.17, 15) is 9.18 Å². The Morgan fingerprint density at radius 3 is 2.52 bits per heavy atom. The van der Waals surface area contributed by atoms with Crippen LogP contribution in [0, 0.1) is 19.7 Å². The molecule has 0 bridgehead atoms. The first kappa shape index (κ1) is 15.0. The van der Waals surface area contributed by atoms with Crippen molar-refractivity contribution in [1.82, 2.24) is 4.90 Å². The number of rotatable bonds is 3. The van der Waals surface area contributed by atoms with Gasteiger partial charge in [0, 0.05) is 19.3 Å². The minimum atomic E-state index is -0.443. The molecule has 0 atom stereocenters. The van der Waals surface area contributed by atoms with Crippen molar-refractivity contribution in [3.63, 3.8) is 0 Å². The molecule has 0 aromatic heterocycles. The number of nitrogens with zero attached hydrogens (tertiary/aromatic N) is 1. The molecule has 4 heteroatoms. The highest BCUT2D eigenvalue weighted by Crippen LogP contribution is 2.18. The Hall–Kier alpha value is -2.36. The second-order valence-corrected chi connectivity index (χ2v) is 5.32. The molecule has 0 aliphatic rings. The van der Waals surface area contributed by atoms with Gasteiger partial charge in [0.05, 0.1) is 5.56 Å². The number of hydrogen-bond acceptors (Lipinski definition) is 2. The van der Waals surface area contributed by atoms with Gasteiger partial charge >= 0.3 is 0 Å². The minimum Gasteiger partial charge on any atom is -0.398 e. The Kier molecular flexibility index (Phi) is 4.26. The largest absolute Gasteiger partial charge is 0.398 e. The molecule has 0 unspecified atom stereocenters. The molecular formula is C17H19FN2O. The van der Waals surface area contributed by atoms with Gasteiger partial charge < -0.3 is 10.6 Å². The Morgan fingerprint density at radius 1 is 1.19 bits per heavy atom. The maximum Gasteiger partial charge on any atom is 0.255 e. The number of halogens is 1. The third kappa shape index (κ3) is 3.40. The fraction of sp³-hybridized carbons (Fsp3) is 0.235. The van der Waals surface area contributed by atoms with Gasteiger partial charge in [-0.1, -0.05) is 23.8 Å². The summed E-state index contributed by atoms with van der Waals surface area (Å²) in [6, 6.07) is 9.95. The summed E-state index contributed by atoms with van der Waals surface area (Å²) in [7, 11) is 1.71. The summed E-state index contributed by atoms with van der Waals surface area (Å²) in [5.74, 6) is -0.659. The number of benzene rings is 2. The number of anilines is 1. The highest BCUT2D eigenvalue weighted by atomic mass is 19.1. The van der Waals surface area contributed by atoms with E-state index in [2.05, 4.69) is 6.07 Å². The quantitative estimate of drug-likeness (QED) is 0.880. The summed E-state index contributed by atoms with van der Waals surface area (Å²) in [5.41, 5.74) is 9.61. The molecule has 1 amide bonds. The van der Waals surface area contributed by atoms with E-state index in [1.807, 2.05) is 26.0 Å². The summed E-state index contributed by atoms with van der Waals surface area (Å²) in [6.45, 7) is 4.54. The lowest BCUT2D eigenvalue weighted by molar-refractivity contribution is 0.0786. The van der Waals surface area contributed by atoms with Crippen LogP contribution in [0.15, 0.2) is 36.4 Å². The summed E-state index contributed by atoms with van der Waals surface area (Å²) in [4.78, 5) is 14.0. The second-order valence-electron chi connectivity index (χ2n) is 5.32. The van der Waals surface area contributed by atoms with Crippen LogP contribution in [0.2, 0.25) is 0 Å². The van der Waals surface area contributed by atoms with Crippen LogP contribution in [0.4, 0.5) is 10.1 Å². The van der Waals surface area contributed by atoms with Crippen LogP contribution in [0.1, 0.15) is 27.0 Å². The third-order valence-corrected chi connectivity index (χ3v) is 3.50. The predicted molar refractivity (Wildman–Crippen MR) is 82.5 cm³/mol. The maximum absolute atomic E-state index is 13.0. The molecule has 0 fully saturated rings. The lowest BCUT2D eigenvalue weighted by Gasteiger charge is -2.19. The average Bonchev–Trinajstić information content (AvgIpc) is 2.41. The van der Waals surface area contributed by atoms with E-state index in [-0.39, 0.29) is 11.6 Å².